The molecule has 0 aromatic rings. The molecular formula is C38H74O29P7-3. The largest absolute Gasteiger partial charge is 0.790 e. The number of hydrogen-bond acceptors (Lipinski definition) is 19. The molecule has 5 aliphatic rings. The van der Waals surface area contributed by atoms with Gasteiger partial charge in [0, 0.05) is 6.42 Å². The van der Waals surface area contributed by atoms with E-state index in [4.69, 9.17) is 53.3 Å². The molecule has 0 aromatic carbocycles. The minimum absolute atomic E-state index is 0. The first-order chi connectivity index (χ1) is 32.5. The molecule has 4 saturated carbocycles. The lowest BCUT2D eigenvalue weighted by atomic mass is 9.47. The van der Waals surface area contributed by atoms with Crippen molar-refractivity contribution in [1.29, 1.82) is 0 Å². The summed E-state index contributed by atoms with van der Waals surface area (Å²) in [5.41, 5.74) is 2.11. The molecule has 74 heavy (non-hydrogen) atoms. The van der Waals surface area contributed by atoms with Crippen molar-refractivity contribution in [2.45, 2.75) is 170 Å². The van der Waals surface area contributed by atoms with Gasteiger partial charge in [-0.05, 0) is 91.3 Å². The molecular weight excluding hydrogens is 1140 g/mol. The Morgan fingerprint density at radius 3 is 1.53 bits per heavy atom. The second kappa shape index (κ2) is 26.2. The van der Waals surface area contributed by atoms with Gasteiger partial charge < -0.3 is 86.5 Å². The first-order valence-corrected chi connectivity index (χ1v) is 33.6. The smallest absolute Gasteiger partial charge is 0.515 e. The summed E-state index contributed by atoms with van der Waals surface area (Å²) < 4.78 is 114. The van der Waals surface area contributed by atoms with E-state index in [2.05, 4.69) is 67.8 Å². The number of phosphoric acid groups is 6. The number of ether oxygens (including phenoxy) is 1. The predicted molar refractivity (Wildman–Crippen MR) is 253 cm³/mol. The van der Waals surface area contributed by atoms with E-state index in [0.29, 0.717) is 5.41 Å². The van der Waals surface area contributed by atoms with Crippen LogP contribution in [-0.4, -0.2) is 104 Å². The molecule has 5 aliphatic carbocycles. The van der Waals surface area contributed by atoms with Gasteiger partial charge in [0.1, 0.15) is 42.7 Å². The average Bonchev–Trinajstić information content (AvgIpc) is 3.53. The second-order valence-electron chi connectivity index (χ2n) is 19.9. The van der Waals surface area contributed by atoms with Gasteiger partial charge in [0.25, 0.3) is 7.82 Å². The lowest BCUT2D eigenvalue weighted by Gasteiger charge is -2.58. The van der Waals surface area contributed by atoms with Crippen LogP contribution in [0.2, 0.25) is 0 Å². The highest BCUT2D eigenvalue weighted by Crippen LogP contribution is 2.68. The second-order valence-corrected chi connectivity index (χ2v) is 29.0. The van der Waals surface area contributed by atoms with E-state index in [1.165, 1.54) is 57.4 Å². The van der Waals surface area contributed by atoms with Crippen LogP contribution in [0.4, 0.5) is 4.79 Å². The van der Waals surface area contributed by atoms with Crippen molar-refractivity contribution in [2.24, 2.45) is 46.3 Å². The Hall–Kier alpha value is -0.140. The molecule has 14 unspecified atom stereocenters. The van der Waals surface area contributed by atoms with Crippen molar-refractivity contribution < 1.29 is 137 Å². The molecule has 16 atom stereocenters. The third-order valence-corrected chi connectivity index (χ3v) is 18.9. The number of carbonyl (C=O) groups is 1. The van der Waals surface area contributed by atoms with E-state index in [-0.39, 0.29) is 32.5 Å². The Bertz CT molecular complexity index is 2040. The van der Waals surface area contributed by atoms with E-state index >= 15 is 0 Å². The Labute approximate surface area is 430 Å². The maximum atomic E-state index is 12.1. The van der Waals surface area contributed by atoms with Gasteiger partial charge in [-0.15, -0.1) is 0 Å². The summed E-state index contributed by atoms with van der Waals surface area (Å²) in [6.07, 6.45) is -5.11. The third kappa shape index (κ3) is 20.1. The fraction of sp³-hybridized carbons (Fsp3) is 0.921. The monoisotopic (exact) mass is 1210 g/mol. The fourth-order valence-electron chi connectivity index (χ4n) is 11.9. The van der Waals surface area contributed by atoms with E-state index < -0.39 is 97.3 Å². The van der Waals surface area contributed by atoms with Crippen molar-refractivity contribution in [3.05, 3.63) is 11.6 Å². The zero-order chi connectivity index (χ0) is 55.0. The molecule has 0 saturated heterocycles. The maximum absolute atomic E-state index is 12.1. The summed E-state index contributed by atoms with van der Waals surface area (Å²) in [7, 11) is -41.0. The van der Waals surface area contributed by atoms with Crippen molar-refractivity contribution in [3.63, 3.8) is 0 Å². The molecule has 5 rings (SSSR count). The molecule has 0 amide bonds. The molecule has 0 radical (unpaired) electrons. The van der Waals surface area contributed by atoms with Crippen molar-refractivity contribution in [2.75, 3.05) is 6.16 Å². The van der Waals surface area contributed by atoms with E-state index in [9.17, 15) is 56.3 Å². The van der Waals surface area contributed by atoms with Crippen LogP contribution >= 0.6 is 54.5 Å². The quantitative estimate of drug-likeness (QED) is 0.0435. The number of rotatable bonds is 20. The third-order valence-electron chi connectivity index (χ3n) is 14.6. The summed E-state index contributed by atoms with van der Waals surface area (Å²) in [6, 6.07) is 0. The summed E-state index contributed by atoms with van der Waals surface area (Å²) in [5.74, 6) is 4.83. The fourth-order valence-corrected chi connectivity index (χ4v) is 15.6. The minimum atomic E-state index is -6.54. The van der Waals surface area contributed by atoms with Gasteiger partial charge in [-0.1, -0.05) is 87.3 Å². The number of fused-ring (bicyclic) bond motifs is 5. The molecule has 0 spiro atoms. The average molecular weight is 1210 g/mol. The Kier molecular flexibility index (Phi) is 24.8. The summed E-state index contributed by atoms with van der Waals surface area (Å²) >= 11 is 0. The van der Waals surface area contributed by atoms with Crippen molar-refractivity contribution >= 4 is 60.7 Å². The highest BCUT2D eigenvalue weighted by Gasteiger charge is 2.62. The zero-order valence-electron chi connectivity index (χ0n) is 39.9. The summed E-state index contributed by atoms with van der Waals surface area (Å²) in [4.78, 5) is 137. The molecule has 4 fully saturated rings. The number of allylic oxidation sites excluding steroid dienone is 1. The Balaban J connectivity index is 0.000000493. The molecule has 0 bridgehead atoms. The highest BCUT2D eigenvalue weighted by atomic mass is 31.2. The molecule has 29 nitrogen and oxygen atoms in total. The van der Waals surface area contributed by atoms with E-state index in [1.807, 2.05) is 0 Å². The van der Waals surface area contributed by atoms with E-state index in [1.54, 1.807) is 0 Å². The topological polar surface area (TPSA) is 482 Å². The molecule has 0 heterocycles. The summed E-state index contributed by atoms with van der Waals surface area (Å²) in [6.45, 7) is 13.8. The van der Waals surface area contributed by atoms with Crippen LogP contribution in [0.3, 0.4) is 0 Å². The summed E-state index contributed by atoms with van der Waals surface area (Å²) in [5, 5.41) is 0. The van der Waals surface area contributed by atoms with Crippen LogP contribution in [-0.2, 0) is 68.4 Å². The lowest BCUT2D eigenvalue weighted by molar-refractivity contribution is -0.353. The predicted octanol–water partition coefficient (Wildman–Crippen LogP) is 5.00. The van der Waals surface area contributed by atoms with Gasteiger partial charge in [-0.2, -0.15) is 0 Å². The van der Waals surface area contributed by atoms with Crippen LogP contribution in [0.1, 0.15) is 127 Å². The number of hydrogen-bond donors (Lipinski definition) is 10. The van der Waals surface area contributed by atoms with Crippen LogP contribution in [0.5, 0.6) is 0 Å². The zero-order valence-corrected chi connectivity index (χ0v) is 46.2. The van der Waals surface area contributed by atoms with Crippen molar-refractivity contribution in [1.82, 2.24) is 0 Å². The molecule has 0 aliphatic heterocycles. The van der Waals surface area contributed by atoms with Gasteiger partial charge in [0.05, 0.1) is 14.0 Å². The molecule has 10 N–H and O–H groups in total. The van der Waals surface area contributed by atoms with Gasteiger partial charge in [0.2, 0.25) is 0 Å². The van der Waals surface area contributed by atoms with Crippen LogP contribution in [0.15, 0.2) is 11.6 Å². The maximum Gasteiger partial charge on any atom is 0.515 e. The van der Waals surface area contributed by atoms with Gasteiger partial charge in [-0.25, -0.2) is 27.6 Å². The van der Waals surface area contributed by atoms with Gasteiger partial charge in [0.15, 0.2) is 0 Å². The Morgan fingerprint density at radius 2 is 1.11 bits per heavy atom. The SMILES string of the molecule is C.C.CCP(=O)(O)OC(=O)O[C@H]1CCC2(C)C(=CCC3C2CCC2(C)C3CCC2[C@@H](C)CCCC(C)C)C1.O=P([O-])([O-])OC1C(OP(=O)([O-])O)C(OP(=O)(O)O)C(OP(=O)(O)O)C(OP(=O)(O)O)C1OP(=O)(O)O. The van der Waals surface area contributed by atoms with E-state index in [0.717, 1.165) is 61.2 Å². The first-order valence-electron chi connectivity index (χ1n) is 22.8. The highest BCUT2D eigenvalue weighted by molar-refractivity contribution is 7.53. The minimum Gasteiger partial charge on any atom is -0.790 e. The normalized spacial score (nSPS) is 34.5. The molecule has 438 valence electrons. The number of phosphoric ester groups is 6. The first kappa shape index (κ1) is 70.0. The number of carbonyl (C=O) groups excluding carboxylic acids is 1. The lowest BCUT2D eigenvalue weighted by Crippen LogP contribution is -2.66. The van der Waals surface area contributed by atoms with Crippen LogP contribution < -0.4 is 14.7 Å². The Morgan fingerprint density at radius 1 is 0.649 bits per heavy atom. The van der Waals surface area contributed by atoms with Gasteiger partial charge in [-0.3, -0.25) is 22.7 Å². The molecule has 0 aromatic heterocycles. The standard InChI is InChI=1S/C30H51O5P.C6H18O24P6.2CH4/c1-7-36(32,33)35-28(31)34-23-15-17-29(5)22(19-23)11-12-24-26-14-13-25(21(4)10-8-9-20(2)3)30(26,6)18-16-27(24)29;7-31(8,9)25-1-2(26-32(10,11)12)4(28-34(16,17)18)6(30-36(22,23)24)5(29-35(19,20)21)3(1)27-33(13,14)15;;/h11,20-21,23-27H,7-10,12-19H2,1-6H3,(H,32,33);1-6H,(H2,7,8,9)(H2,10,11,12)(H2,13,14,15)(H2,16,17,18)(H2,19,20,21)(H2,22,23,24);2*1H4/p-3/t21-,23-,24?,25?,26?,27?,29?,30?;;;/m0.../s1. The van der Waals surface area contributed by atoms with Gasteiger partial charge >= 0.3 is 45.0 Å². The van der Waals surface area contributed by atoms with Crippen LogP contribution in [0, 0.1) is 46.3 Å². The van der Waals surface area contributed by atoms with Crippen LogP contribution in [0.25, 0.3) is 0 Å². The molecule has 36 heteroatoms. The van der Waals surface area contributed by atoms with Crippen molar-refractivity contribution in [3.8, 4) is 0 Å².